The summed E-state index contributed by atoms with van der Waals surface area (Å²) in [5.41, 5.74) is 2.42. The molecule has 6 nitrogen and oxygen atoms in total. The fourth-order valence-electron chi connectivity index (χ4n) is 2.99. The van der Waals surface area contributed by atoms with Gasteiger partial charge in [-0.3, -0.25) is 4.79 Å². The fraction of sp³-hybridized carbons (Fsp3) is 0.0476. The summed E-state index contributed by atoms with van der Waals surface area (Å²) in [6.07, 6.45) is 4.62. The highest BCUT2D eigenvalue weighted by atomic mass is 16.1. The molecule has 1 N–H and O–H groups in total. The van der Waals surface area contributed by atoms with Crippen LogP contribution in [-0.4, -0.2) is 25.7 Å². The number of nitrogens with zero attached hydrogens (tertiary/aromatic N) is 4. The van der Waals surface area contributed by atoms with Crippen LogP contribution in [-0.2, 0) is 4.79 Å². The van der Waals surface area contributed by atoms with Crippen molar-refractivity contribution in [1.29, 1.82) is 0 Å². The number of rotatable bonds is 5. The lowest BCUT2D eigenvalue weighted by Crippen LogP contribution is -2.23. The summed E-state index contributed by atoms with van der Waals surface area (Å²) in [5.74, 6) is -0.0545. The Morgan fingerprint density at radius 1 is 0.889 bits per heavy atom. The van der Waals surface area contributed by atoms with Crippen molar-refractivity contribution in [2.75, 3.05) is 5.32 Å². The topological polar surface area (TPSA) is 72.7 Å². The third-order valence-corrected chi connectivity index (χ3v) is 4.21. The Hall–Kier alpha value is -3.80. The molecule has 0 unspecified atom stereocenters. The van der Waals surface area contributed by atoms with Crippen molar-refractivity contribution < 1.29 is 4.79 Å². The van der Waals surface area contributed by atoms with Crippen LogP contribution in [0.5, 0.6) is 0 Å². The molecule has 0 spiro atoms. The fourth-order valence-corrected chi connectivity index (χ4v) is 2.99. The van der Waals surface area contributed by atoms with Crippen LogP contribution in [0.1, 0.15) is 17.0 Å². The van der Waals surface area contributed by atoms with Crippen LogP contribution in [0.3, 0.4) is 0 Å². The van der Waals surface area contributed by atoms with E-state index >= 15 is 0 Å². The summed E-state index contributed by atoms with van der Waals surface area (Å²) in [4.78, 5) is 21.5. The van der Waals surface area contributed by atoms with E-state index in [1.54, 1.807) is 24.7 Å². The first-order valence-corrected chi connectivity index (χ1v) is 8.54. The molecule has 0 aliphatic rings. The second kappa shape index (κ2) is 7.61. The van der Waals surface area contributed by atoms with Gasteiger partial charge in [0.25, 0.3) is 0 Å². The summed E-state index contributed by atoms with van der Waals surface area (Å²) in [6, 6.07) is 23.0. The number of nitrogens with one attached hydrogen (secondary N) is 1. The molecule has 0 radical (unpaired) electrons. The molecule has 1 amide bonds. The molecule has 2 heterocycles. The zero-order chi connectivity index (χ0) is 18.5. The maximum atomic E-state index is 13.3. The summed E-state index contributed by atoms with van der Waals surface area (Å²) < 4.78 is 1.52. The number of aromatic nitrogens is 4. The van der Waals surface area contributed by atoms with E-state index in [9.17, 15) is 4.79 Å². The Bertz CT molecular complexity index is 977. The number of hydrogen-bond acceptors (Lipinski definition) is 4. The van der Waals surface area contributed by atoms with Crippen molar-refractivity contribution in [3.63, 3.8) is 0 Å². The van der Waals surface area contributed by atoms with Crippen LogP contribution in [0, 0.1) is 0 Å². The van der Waals surface area contributed by atoms with Crippen molar-refractivity contribution in [2.45, 2.75) is 5.92 Å². The van der Waals surface area contributed by atoms with Crippen LogP contribution in [0.4, 0.5) is 5.69 Å². The van der Waals surface area contributed by atoms with E-state index in [0.717, 1.165) is 11.1 Å². The second-order valence-electron chi connectivity index (χ2n) is 5.96. The summed E-state index contributed by atoms with van der Waals surface area (Å²) in [7, 11) is 0. The normalized spacial score (nSPS) is 10.7. The van der Waals surface area contributed by atoms with E-state index in [1.165, 1.54) is 11.0 Å². The molecule has 2 aromatic carbocycles. The largest absolute Gasteiger partial charge is 0.322 e. The van der Waals surface area contributed by atoms with Gasteiger partial charge in [-0.2, -0.15) is 5.10 Å². The van der Waals surface area contributed by atoms with Gasteiger partial charge in [0.2, 0.25) is 5.91 Å². The highest BCUT2D eigenvalue weighted by Crippen LogP contribution is 2.27. The Morgan fingerprint density at radius 2 is 1.56 bits per heavy atom. The van der Waals surface area contributed by atoms with E-state index < -0.39 is 5.92 Å². The first-order valence-electron chi connectivity index (χ1n) is 8.54. The lowest BCUT2D eigenvalue weighted by Gasteiger charge is -2.18. The highest BCUT2D eigenvalue weighted by molar-refractivity contribution is 5.99. The summed E-state index contributed by atoms with van der Waals surface area (Å²) in [5, 5.41) is 7.11. The number of pyridine rings is 1. The molecule has 0 bridgehead atoms. The van der Waals surface area contributed by atoms with Gasteiger partial charge in [-0.1, -0.05) is 60.7 Å². The summed E-state index contributed by atoms with van der Waals surface area (Å²) in [6.45, 7) is 0. The van der Waals surface area contributed by atoms with Gasteiger partial charge in [-0.05, 0) is 23.3 Å². The maximum absolute atomic E-state index is 13.3. The lowest BCUT2D eigenvalue weighted by atomic mass is 9.90. The van der Waals surface area contributed by atoms with E-state index in [1.807, 2.05) is 60.7 Å². The van der Waals surface area contributed by atoms with Gasteiger partial charge in [0.05, 0.1) is 11.6 Å². The van der Waals surface area contributed by atoms with E-state index in [-0.39, 0.29) is 5.91 Å². The molecular weight excluding hydrogens is 338 g/mol. The predicted molar refractivity (Wildman–Crippen MR) is 103 cm³/mol. The molecule has 0 aliphatic heterocycles. The first-order chi connectivity index (χ1) is 13.3. The average Bonchev–Trinajstić information content (AvgIpc) is 3.25. The smallest absolute Gasteiger partial charge is 0.236 e. The number of hydrogen-bond donors (Lipinski definition) is 1. The monoisotopic (exact) mass is 355 g/mol. The Morgan fingerprint density at radius 3 is 2.15 bits per heavy atom. The molecule has 4 rings (SSSR count). The second-order valence-corrected chi connectivity index (χ2v) is 5.96. The SMILES string of the molecule is O=C(Nc1cccnc1-n1cncn1)C(c1ccccc1)c1ccccc1. The van der Waals surface area contributed by atoms with Crippen molar-refractivity contribution in [3.05, 3.63) is 103 Å². The highest BCUT2D eigenvalue weighted by Gasteiger charge is 2.23. The van der Waals surface area contributed by atoms with Crippen LogP contribution in [0.2, 0.25) is 0 Å². The van der Waals surface area contributed by atoms with E-state index in [2.05, 4.69) is 20.4 Å². The third kappa shape index (κ3) is 3.59. The molecule has 4 aromatic rings. The molecule has 132 valence electrons. The minimum absolute atomic E-state index is 0.137. The van der Waals surface area contributed by atoms with Crippen LogP contribution >= 0.6 is 0 Å². The van der Waals surface area contributed by atoms with Gasteiger partial charge in [0.15, 0.2) is 5.82 Å². The molecule has 0 fully saturated rings. The zero-order valence-corrected chi connectivity index (χ0v) is 14.4. The quantitative estimate of drug-likeness (QED) is 0.595. The lowest BCUT2D eigenvalue weighted by molar-refractivity contribution is -0.116. The zero-order valence-electron chi connectivity index (χ0n) is 14.4. The minimum atomic E-state index is -0.434. The first kappa shape index (κ1) is 16.7. The van der Waals surface area contributed by atoms with Crippen LogP contribution < -0.4 is 5.32 Å². The van der Waals surface area contributed by atoms with Crippen molar-refractivity contribution in [1.82, 2.24) is 19.7 Å². The van der Waals surface area contributed by atoms with Crippen molar-refractivity contribution in [2.24, 2.45) is 0 Å². The molecule has 27 heavy (non-hydrogen) atoms. The third-order valence-electron chi connectivity index (χ3n) is 4.21. The predicted octanol–water partition coefficient (Wildman–Crippen LogP) is 3.43. The number of carbonyl (C=O) groups excluding carboxylic acids is 1. The van der Waals surface area contributed by atoms with Crippen molar-refractivity contribution in [3.8, 4) is 5.82 Å². The molecular formula is C21H17N5O. The van der Waals surface area contributed by atoms with E-state index in [0.29, 0.717) is 11.5 Å². The molecule has 0 atom stereocenters. The van der Waals surface area contributed by atoms with Gasteiger partial charge >= 0.3 is 0 Å². The number of carbonyl (C=O) groups is 1. The average molecular weight is 355 g/mol. The molecule has 2 aromatic heterocycles. The van der Waals surface area contributed by atoms with Crippen LogP contribution in [0.15, 0.2) is 91.6 Å². The molecule has 0 aliphatic carbocycles. The van der Waals surface area contributed by atoms with Gasteiger partial charge in [-0.15, -0.1) is 0 Å². The number of anilines is 1. The molecule has 0 saturated heterocycles. The van der Waals surface area contributed by atoms with Crippen molar-refractivity contribution >= 4 is 11.6 Å². The minimum Gasteiger partial charge on any atom is -0.322 e. The Balaban J connectivity index is 1.70. The Labute approximate surface area is 156 Å². The van der Waals surface area contributed by atoms with E-state index in [4.69, 9.17) is 0 Å². The van der Waals surface area contributed by atoms with Gasteiger partial charge < -0.3 is 5.32 Å². The van der Waals surface area contributed by atoms with Gasteiger partial charge in [-0.25, -0.2) is 14.6 Å². The van der Waals surface area contributed by atoms with Gasteiger partial charge in [0.1, 0.15) is 12.7 Å². The summed E-state index contributed by atoms with van der Waals surface area (Å²) >= 11 is 0. The maximum Gasteiger partial charge on any atom is 0.236 e. The standard InChI is InChI=1S/C21H17N5O/c27-21(25-18-12-7-13-23-20(18)26-15-22-14-24-26)19(16-8-3-1-4-9-16)17-10-5-2-6-11-17/h1-15,19H,(H,25,27). The Kier molecular flexibility index (Phi) is 4.70. The number of amides is 1. The molecule has 0 saturated carbocycles. The van der Waals surface area contributed by atoms with Crippen LogP contribution in [0.25, 0.3) is 5.82 Å². The number of benzene rings is 2. The molecule has 6 heteroatoms. The van der Waals surface area contributed by atoms with Gasteiger partial charge in [0, 0.05) is 6.20 Å².